The molecule has 1 atom stereocenters. The van der Waals surface area contributed by atoms with Crippen LogP contribution in [-0.2, 0) is 11.3 Å². The van der Waals surface area contributed by atoms with Crippen molar-refractivity contribution >= 4 is 18.2 Å². The second-order valence-corrected chi connectivity index (χ2v) is 3.85. The number of hydrogen-bond donors (Lipinski definition) is 2. The Morgan fingerprint density at radius 3 is 3.14 bits per heavy atom. The van der Waals surface area contributed by atoms with Gasteiger partial charge in [0, 0.05) is 13.2 Å². The third-order valence-electron chi connectivity index (χ3n) is 2.49. The van der Waals surface area contributed by atoms with E-state index in [4.69, 9.17) is 22.7 Å². The zero-order chi connectivity index (χ0) is 9.97. The number of ether oxygens (including phenoxy) is 1. The second-order valence-electron chi connectivity index (χ2n) is 3.46. The van der Waals surface area contributed by atoms with E-state index in [9.17, 15) is 0 Å². The van der Waals surface area contributed by atoms with Gasteiger partial charge in [0.1, 0.15) is 0 Å². The Hall–Kier alpha value is -0.880. The maximum absolute atomic E-state index is 5.64. The van der Waals surface area contributed by atoms with Gasteiger partial charge in [0.25, 0.3) is 0 Å². The number of rotatable bonds is 3. The first kappa shape index (κ1) is 9.67. The van der Waals surface area contributed by atoms with E-state index in [0.717, 1.165) is 32.4 Å². The summed E-state index contributed by atoms with van der Waals surface area (Å²) in [6.07, 6.45) is 3.63. The maximum atomic E-state index is 5.64. The molecule has 1 unspecified atom stereocenters. The normalized spacial score (nSPS) is 21.6. The molecule has 1 aliphatic heterocycles. The first-order valence-electron chi connectivity index (χ1n) is 4.79. The molecule has 3 N–H and O–H groups in total. The zero-order valence-electron chi connectivity index (χ0n) is 7.90. The van der Waals surface area contributed by atoms with E-state index in [2.05, 4.69) is 10.2 Å². The van der Waals surface area contributed by atoms with Crippen LogP contribution in [0.2, 0.25) is 0 Å². The summed E-state index contributed by atoms with van der Waals surface area (Å²) in [7, 11) is 0. The molecule has 0 spiro atoms. The van der Waals surface area contributed by atoms with Crippen LogP contribution in [0.1, 0.15) is 19.3 Å². The van der Waals surface area contributed by atoms with Crippen molar-refractivity contribution in [1.82, 2.24) is 14.8 Å². The molecule has 14 heavy (non-hydrogen) atoms. The minimum atomic E-state index is 0.367. The van der Waals surface area contributed by atoms with Crippen LogP contribution in [0.4, 0.5) is 5.95 Å². The van der Waals surface area contributed by atoms with Crippen molar-refractivity contribution < 1.29 is 4.74 Å². The third-order valence-corrected chi connectivity index (χ3v) is 2.80. The van der Waals surface area contributed by atoms with Crippen molar-refractivity contribution in [1.29, 1.82) is 0 Å². The summed E-state index contributed by atoms with van der Waals surface area (Å²) in [5, 5.41) is 6.51. The SMILES string of the molecule is Nc1n[nH]c(=S)n1CCC1CCCO1. The fourth-order valence-corrected chi connectivity index (χ4v) is 1.92. The molecule has 1 fully saturated rings. The molecule has 5 nitrogen and oxygen atoms in total. The van der Waals surface area contributed by atoms with E-state index in [0.29, 0.717) is 16.8 Å². The van der Waals surface area contributed by atoms with Crippen molar-refractivity contribution in [3.63, 3.8) is 0 Å². The maximum Gasteiger partial charge on any atom is 0.220 e. The van der Waals surface area contributed by atoms with E-state index in [-0.39, 0.29) is 0 Å². The number of nitrogens with two attached hydrogens (primary N) is 1. The molecule has 78 valence electrons. The van der Waals surface area contributed by atoms with Crippen molar-refractivity contribution in [3.05, 3.63) is 4.77 Å². The van der Waals surface area contributed by atoms with E-state index >= 15 is 0 Å². The molecule has 0 amide bonds. The van der Waals surface area contributed by atoms with Crippen LogP contribution in [0.5, 0.6) is 0 Å². The Morgan fingerprint density at radius 2 is 2.57 bits per heavy atom. The monoisotopic (exact) mass is 214 g/mol. The van der Waals surface area contributed by atoms with Crippen LogP contribution >= 0.6 is 12.2 Å². The molecule has 6 heteroatoms. The van der Waals surface area contributed by atoms with Gasteiger partial charge in [-0.05, 0) is 31.5 Å². The Kier molecular flexibility index (Phi) is 2.83. The Morgan fingerprint density at radius 1 is 1.71 bits per heavy atom. The summed E-state index contributed by atoms with van der Waals surface area (Å²) >= 11 is 5.04. The Balaban J connectivity index is 1.94. The van der Waals surface area contributed by atoms with Gasteiger partial charge >= 0.3 is 0 Å². The van der Waals surface area contributed by atoms with Gasteiger partial charge in [-0.25, -0.2) is 5.10 Å². The number of aromatic amines is 1. The van der Waals surface area contributed by atoms with Gasteiger partial charge in [0.05, 0.1) is 6.10 Å². The van der Waals surface area contributed by atoms with Crippen LogP contribution in [0.25, 0.3) is 0 Å². The minimum absolute atomic E-state index is 0.367. The van der Waals surface area contributed by atoms with Crippen LogP contribution in [0, 0.1) is 4.77 Å². The lowest BCUT2D eigenvalue weighted by atomic mass is 10.2. The van der Waals surface area contributed by atoms with Crippen molar-refractivity contribution in [2.24, 2.45) is 0 Å². The van der Waals surface area contributed by atoms with Gasteiger partial charge in [0.2, 0.25) is 5.95 Å². The molecule has 0 bridgehead atoms. The molecular formula is C8H14N4OS. The van der Waals surface area contributed by atoms with Crippen LogP contribution in [0.15, 0.2) is 0 Å². The van der Waals surface area contributed by atoms with Crippen molar-refractivity contribution in [2.75, 3.05) is 12.3 Å². The van der Waals surface area contributed by atoms with E-state index in [1.807, 2.05) is 0 Å². The molecule has 2 rings (SSSR count). The van der Waals surface area contributed by atoms with Gasteiger partial charge < -0.3 is 10.5 Å². The number of nitrogens with zero attached hydrogens (tertiary/aromatic N) is 2. The quantitative estimate of drug-likeness (QED) is 0.739. The average Bonchev–Trinajstić information content (AvgIpc) is 2.76. The summed E-state index contributed by atoms with van der Waals surface area (Å²) in [4.78, 5) is 0. The first-order valence-corrected chi connectivity index (χ1v) is 5.20. The highest BCUT2D eigenvalue weighted by molar-refractivity contribution is 7.71. The summed E-state index contributed by atoms with van der Waals surface area (Å²) in [5.41, 5.74) is 5.64. The predicted octanol–water partition coefficient (Wildman–Crippen LogP) is 1.09. The lowest BCUT2D eigenvalue weighted by molar-refractivity contribution is 0.100. The molecular weight excluding hydrogens is 200 g/mol. The molecule has 0 aliphatic carbocycles. The number of anilines is 1. The lowest BCUT2D eigenvalue weighted by Gasteiger charge is -2.09. The summed E-state index contributed by atoms with van der Waals surface area (Å²) < 4.78 is 7.90. The highest BCUT2D eigenvalue weighted by atomic mass is 32.1. The Labute approximate surface area is 87.3 Å². The fraction of sp³-hybridized carbons (Fsp3) is 0.750. The van der Waals surface area contributed by atoms with Gasteiger partial charge in [-0.15, -0.1) is 5.10 Å². The molecule has 0 aromatic carbocycles. The molecule has 2 heterocycles. The summed E-state index contributed by atoms with van der Waals surface area (Å²) in [6.45, 7) is 1.67. The first-order chi connectivity index (χ1) is 6.77. The van der Waals surface area contributed by atoms with Gasteiger partial charge in [-0.2, -0.15) is 0 Å². The molecule has 1 aromatic rings. The van der Waals surface area contributed by atoms with E-state index < -0.39 is 0 Å². The predicted molar refractivity (Wildman–Crippen MR) is 55.4 cm³/mol. The highest BCUT2D eigenvalue weighted by Gasteiger charge is 2.15. The number of aromatic nitrogens is 3. The number of nitrogens with one attached hydrogen (secondary N) is 1. The topological polar surface area (TPSA) is 68.9 Å². The molecule has 0 saturated carbocycles. The molecule has 0 radical (unpaired) electrons. The molecule has 1 aliphatic rings. The lowest BCUT2D eigenvalue weighted by Crippen LogP contribution is -2.11. The van der Waals surface area contributed by atoms with Crippen LogP contribution < -0.4 is 5.73 Å². The zero-order valence-corrected chi connectivity index (χ0v) is 8.72. The Bertz CT molecular complexity index is 352. The number of hydrogen-bond acceptors (Lipinski definition) is 4. The second kappa shape index (κ2) is 4.10. The molecule has 1 saturated heterocycles. The standard InChI is InChI=1S/C8H14N4OS/c9-7-10-11-8(14)12(7)4-3-6-2-1-5-13-6/h6H,1-5H2,(H2,9,10)(H,11,14). The largest absolute Gasteiger partial charge is 0.378 e. The van der Waals surface area contributed by atoms with E-state index in [1.54, 1.807) is 4.57 Å². The van der Waals surface area contributed by atoms with Gasteiger partial charge in [-0.3, -0.25) is 4.57 Å². The summed E-state index contributed by atoms with van der Waals surface area (Å²) in [5.74, 6) is 0.452. The van der Waals surface area contributed by atoms with Crippen LogP contribution in [0.3, 0.4) is 0 Å². The minimum Gasteiger partial charge on any atom is -0.378 e. The van der Waals surface area contributed by atoms with Crippen molar-refractivity contribution in [2.45, 2.75) is 31.9 Å². The van der Waals surface area contributed by atoms with Gasteiger partial charge in [0.15, 0.2) is 4.77 Å². The van der Waals surface area contributed by atoms with E-state index in [1.165, 1.54) is 0 Å². The van der Waals surface area contributed by atoms with Gasteiger partial charge in [-0.1, -0.05) is 0 Å². The number of nitrogen functional groups attached to an aromatic ring is 1. The smallest absolute Gasteiger partial charge is 0.220 e. The number of H-pyrrole nitrogens is 1. The summed E-state index contributed by atoms with van der Waals surface area (Å²) in [6, 6.07) is 0. The van der Waals surface area contributed by atoms with Crippen LogP contribution in [-0.4, -0.2) is 27.5 Å². The third kappa shape index (κ3) is 1.96. The highest BCUT2D eigenvalue weighted by Crippen LogP contribution is 2.16. The molecule has 1 aromatic heterocycles. The van der Waals surface area contributed by atoms with Crippen molar-refractivity contribution in [3.8, 4) is 0 Å². The average molecular weight is 214 g/mol. The fourth-order valence-electron chi connectivity index (χ4n) is 1.69.